The van der Waals surface area contributed by atoms with Crippen molar-refractivity contribution in [2.45, 2.75) is 65.8 Å². The summed E-state index contributed by atoms with van der Waals surface area (Å²) >= 11 is 0. The maximum Gasteiger partial charge on any atom is 0.268 e. The van der Waals surface area contributed by atoms with Gasteiger partial charge in [0, 0.05) is 28.8 Å². The molecule has 174 valence electrons. The van der Waals surface area contributed by atoms with Crippen LogP contribution in [0, 0.1) is 12.3 Å². The van der Waals surface area contributed by atoms with Gasteiger partial charge >= 0.3 is 0 Å². The minimum Gasteiger partial charge on any atom is -0.354 e. The number of hydrogen-bond donors (Lipinski definition) is 4. The Labute approximate surface area is 192 Å². The number of nitrogens with zero attached hydrogens (tertiary/aromatic N) is 1. The Morgan fingerprint density at radius 1 is 1.24 bits per heavy atom. The second kappa shape index (κ2) is 8.84. The molecule has 2 aromatic heterocycles. The summed E-state index contributed by atoms with van der Waals surface area (Å²) in [6.45, 7) is 7.94. The summed E-state index contributed by atoms with van der Waals surface area (Å²) in [4.78, 5) is 42.1. The first-order valence-corrected chi connectivity index (χ1v) is 11.5. The third kappa shape index (κ3) is 4.69. The number of amides is 2. The smallest absolute Gasteiger partial charge is 0.268 e. The number of benzene rings is 1. The molecule has 0 saturated heterocycles. The third-order valence-corrected chi connectivity index (χ3v) is 6.30. The van der Waals surface area contributed by atoms with Crippen molar-refractivity contribution in [3.8, 4) is 0 Å². The van der Waals surface area contributed by atoms with Crippen molar-refractivity contribution in [3.63, 3.8) is 0 Å². The topological polar surface area (TPSA) is 120 Å². The lowest BCUT2D eigenvalue weighted by molar-refractivity contribution is -0.118. The standard InChI is InChI=1S/C25H31N5O3/c1-5-6-7-18(23(32)27-16-8-9-17-15(10-16)13-26-30-17)29-24(33)22-14(2)21-19(28-22)11-25(3,4)12-20(21)31/h8-10,13,18,28H,5-7,11-12H2,1-4H3,(H,26,30)(H,27,32)(H,29,33). The fraction of sp³-hybridized carbons (Fsp3) is 0.440. The number of nitrogens with one attached hydrogen (secondary N) is 4. The van der Waals surface area contributed by atoms with Crippen LogP contribution in [-0.2, 0) is 11.2 Å². The normalized spacial score (nSPS) is 15.8. The van der Waals surface area contributed by atoms with Crippen LogP contribution in [0.2, 0.25) is 0 Å². The summed E-state index contributed by atoms with van der Waals surface area (Å²) in [5.41, 5.74) is 3.83. The van der Waals surface area contributed by atoms with E-state index in [9.17, 15) is 14.4 Å². The van der Waals surface area contributed by atoms with Crippen LogP contribution in [0.4, 0.5) is 5.69 Å². The predicted molar refractivity (Wildman–Crippen MR) is 127 cm³/mol. The maximum absolute atomic E-state index is 13.2. The fourth-order valence-corrected chi connectivity index (χ4v) is 4.62. The van der Waals surface area contributed by atoms with Crippen molar-refractivity contribution in [2.24, 2.45) is 5.41 Å². The molecule has 0 spiro atoms. The van der Waals surface area contributed by atoms with Crippen LogP contribution in [0.25, 0.3) is 10.9 Å². The number of unbranched alkanes of at least 4 members (excludes halogenated alkanes) is 1. The first kappa shape index (κ1) is 22.8. The van der Waals surface area contributed by atoms with Crippen molar-refractivity contribution in [1.82, 2.24) is 20.5 Å². The Balaban J connectivity index is 1.53. The number of H-pyrrole nitrogens is 2. The molecule has 1 aliphatic carbocycles. The van der Waals surface area contributed by atoms with Gasteiger partial charge in [-0.3, -0.25) is 19.5 Å². The van der Waals surface area contributed by atoms with Crippen LogP contribution < -0.4 is 10.6 Å². The van der Waals surface area contributed by atoms with Crippen molar-refractivity contribution in [2.75, 3.05) is 5.32 Å². The second-order valence-electron chi connectivity index (χ2n) is 9.75. The van der Waals surface area contributed by atoms with Gasteiger partial charge in [0.2, 0.25) is 5.91 Å². The van der Waals surface area contributed by atoms with Crippen LogP contribution in [0.15, 0.2) is 24.4 Å². The van der Waals surface area contributed by atoms with E-state index in [1.807, 2.05) is 19.1 Å². The molecule has 1 aromatic carbocycles. The zero-order valence-corrected chi connectivity index (χ0v) is 19.6. The van der Waals surface area contributed by atoms with Crippen LogP contribution in [0.3, 0.4) is 0 Å². The highest BCUT2D eigenvalue weighted by molar-refractivity contribution is 6.06. The van der Waals surface area contributed by atoms with Crippen molar-refractivity contribution in [3.05, 3.63) is 46.9 Å². The van der Waals surface area contributed by atoms with Crippen molar-refractivity contribution >= 4 is 34.2 Å². The number of carbonyl (C=O) groups is 3. The van der Waals surface area contributed by atoms with Gasteiger partial charge in [0.1, 0.15) is 11.7 Å². The number of carbonyl (C=O) groups excluding carboxylic acids is 3. The van der Waals surface area contributed by atoms with Gasteiger partial charge < -0.3 is 15.6 Å². The number of aromatic amines is 2. The molecule has 3 aromatic rings. The average molecular weight is 450 g/mol. The van der Waals surface area contributed by atoms with Gasteiger partial charge in [-0.1, -0.05) is 33.6 Å². The van der Waals surface area contributed by atoms with E-state index in [-0.39, 0.29) is 23.0 Å². The Bertz CT molecular complexity index is 1220. The highest BCUT2D eigenvalue weighted by Crippen LogP contribution is 2.36. The molecule has 1 unspecified atom stereocenters. The zero-order valence-electron chi connectivity index (χ0n) is 19.6. The van der Waals surface area contributed by atoms with Crippen LogP contribution in [0.1, 0.15) is 78.6 Å². The number of rotatable bonds is 7. The molecule has 1 atom stereocenters. The summed E-state index contributed by atoms with van der Waals surface area (Å²) in [7, 11) is 0. The van der Waals surface area contributed by atoms with E-state index in [0.717, 1.165) is 29.4 Å². The summed E-state index contributed by atoms with van der Waals surface area (Å²) in [6.07, 6.45) is 5.08. The lowest BCUT2D eigenvalue weighted by atomic mass is 9.75. The molecule has 0 saturated carbocycles. The van der Waals surface area contributed by atoms with E-state index in [1.165, 1.54) is 0 Å². The molecule has 33 heavy (non-hydrogen) atoms. The third-order valence-electron chi connectivity index (χ3n) is 6.30. The number of fused-ring (bicyclic) bond motifs is 2. The average Bonchev–Trinajstić information content (AvgIpc) is 3.33. The van der Waals surface area contributed by atoms with Gasteiger partial charge in [0.25, 0.3) is 5.91 Å². The lowest BCUT2D eigenvalue weighted by Gasteiger charge is -2.28. The number of Topliss-reactive ketones (excluding diaryl/α,β-unsaturated/α-hetero) is 1. The molecule has 0 bridgehead atoms. The van der Waals surface area contributed by atoms with Crippen LogP contribution in [0.5, 0.6) is 0 Å². The fourth-order valence-electron chi connectivity index (χ4n) is 4.62. The molecule has 0 fully saturated rings. The van der Waals surface area contributed by atoms with Crippen LogP contribution in [-0.4, -0.2) is 38.8 Å². The van der Waals surface area contributed by atoms with Gasteiger partial charge in [-0.15, -0.1) is 0 Å². The van der Waals surface area contributed by atoms with Gasteiger partial charge in [-0.25, -0.2) is 0 Å². The van der Waals surface area contributed by atoms with Gasteiger partial charge in [0.15, 0.2) is 5.78 Å². The summed E-state index contributed by atoms with van der Waals surface area (Å²) in [5, 5.41) is 13.6. The SMILES string of the molecule is CCCCC(NC(=O)c1[nH]c2c(c1C)C(=O)CC(C)(C)C2)C(=O)Nc1ccc2[nH]ncc2c1. The molecular formula is C25H31N5O3. The Morgan fingerprint density at radius 2 is 2.03 bits per heavy atom. The van der Waals surface area contributed by atoms with Crippen molar-refractivity contribution < 1.29 is 14.4 Å². The van der Waals surface area contributed by atoms with Crippen molar-refractivity contribution in [1.29, 1.82) is 0 Å². The molecular weight excluding hydrogens is 418 g/mol. The molecule has 0 radical (unpaired) electrons. The monoisotopic (exact) mass is 449 g/mol. The molecule has 4 N–H and O–H groups in total. The zero-order chi connectivity index (χ0) is 23.8. The van der Waals surface area contributed by atoms with Gasteiger partial charge in [-0.05, 0) is 48.9 Å². The maximum atomic E-state index is 13.2. The lowest BCUT2D eigenvalue weighted by Crippen LogP contribution is -2.44. The quantitative estimate of drug-likeness (QED) is 0.430. The molecule has 1 aliphatic rings. The minimum absolute atomic E-state index is 0.0592. The second-order valence-corrected chi connectivity index (χ2v) is 9.75. The Morgan fingerprint density at radius 3 is 2.79 bits per heavy atom. The molecule has 0 aliphatic heterocycles. The molecule has 4 rings (SSSR count). The van der Waals surface area contributed by atoms with E-state index in [4.69, 9.17) is 0 Å². The minimum atomic E-state index is -0.690. The molecule has 2 amide bonds. The first-order valence-electron chi connectivity index (χ1n) is 11.5. The number of anilines is 1. The first-order chi connectivity index (χ1) is 15.7. The van der Waals surface area contributed by atoms with E-state index in [0.29, 0.717) is 41.8 Å². The Kier molecular flexibility index (Phi) is 6.10. The molecule has 2 heterocycles. The predicted octanol–water partition coefficient (Wildman–Crippen LogP) is 4.28. The molecule has 8 nitrogen and oxygen atoms in total. The highest BCUT2D eigenvalue weighted by atomic mass is 16.2. The van der Waals surface area contributed by atoms with E-state index < -0.39 is 6.04 Å². The number of ketones is 1. The van der Waals surface area contributed by atoms with E-state index in [2.05, 4.69) is 39.7 Å². The highest BCUT2D eigenvalue weighted by Gasteiger charge is 2.35. The summed E-state index contributed by atoms with van der Waals surface area (Å²) in [6, 6.07) is 4.80. The largest absolute Gasteiger partial charge is 0.354 e. The van der Waals surface area contributed by atoms with Gasteiger partial charge in [-0.2, -0.15) is 5.10 Å². The van der Waals surface area contributed by atoms with Crippen LogP contribution >= 0.6 is 0 Å². The molecule has 8 heteroatoms. The summed E-state index contributed by atoms with van der Waals surface area (Å²) < 4.78 is 0. The summed E-state index contributed by atoms with van der Waals surface area (Å²) in [5.74, 6) is -0.580. The van der Waals surface area contributed by atoms with E-state index >= 15 is 0 Å². The van der Waals surface area contributed by atoms with Gasteiger partial charge in [0.05, 0.1) is 11.7 Å². The Hall–Kier alpha value is -3.42. The number of aromatic nitrogens is 3. The number of hydrogen-bond acceptors (Lipinski definition) is 4. The van der Waals surface area contributed by atoms with E-state index in [1.54, 1.807) is 19.2 Å².